The maximum absolute atomic E-state index is 10.8. The van der Waals surface area contributed by atoms with Crippen molar-refractivity contribution in [3.05, 3.63) is 36.2 Å². The average Bonchev–Trinajstić information content (AvgIpc) is 2.98. The Hall–Kier alpha value is -1.86. The van der Waals surface area contributed by atoms with E-state index in [1.54, 1.807) is 0 Å². The zero-order chi connectivity index (χ0) is 15.4. The quantitative estimate of drug-likeness (QED) is 0.852. The molecule has 1 N–H and O–H groups in total. The zero-order valence-corrected chi connectivity index (χ0v) is 12.8. The summed E-state index contributed by atoms with van der Waals surface area (Å²) in [5, 5.41) is 18.1. The Morgan fingerprint density at radius 1 is 1.27 bits per heavy atom. The third-order valence-corrected chi connectivity index (χ3v) is 4.50. The highest BCUT2D eigenvalue weighted by Gasteiger charge is 2.24. The molecule has 116 valence electrons. The van der Waals surface area contributed by atoms with Gasteiger partial charge in [-0.25, -0.2) is 0 Å². The summed E-state index contributed by atoms with van der Waals surface area (Å²) in [5.41, 5.74) is 0.960. The number of ether oxygens (including phenoxy) is 1. The molecule has 2 heterocycles. The fourth-order valence-corrected chi connectivity index (χ4v) is 3.22. The number of nitrogens with zero attached hydrogens (tertiary/aromatic N) is 3. The van der Waals surface area contributed by atoms with Crippen molar-refractivity contribution in [1.82, 2.24) is 14.8 Å². The van der Waals surface area contributed by atoms with Gasteiger partial charge in [0, 0.05) is 24.8 Å². The molecule has 1 saturated heterocycles. The van der Waals surface area contributed by atoms with Gasteiger partial charge < -0.3 is 9.84 Å². The Labute approximate surface area is 132 Å². The first-order valence-electron chi connectivity index (χ1n) is 7.19. The maximum Gasteiger partial charge on any atom is 0.313 e. The molecular formula is C15H17N3O3S. The van der Waals surface area contributed by atoms with Crippen LogP contribution in [0.3, 0.4) is 0 Å². The molecule has 0 bridgehead atoms. The number of thioether (sulfide) groups is 1. The van der Waals surface area contributed by atoms with Crippen molar-refractivity contribution in [2.45, 2.75) is 23.9 Å². The van der Waals surface area contributed by atoms with Crippen molar-refractivity contribution in [2.75, 3.05) is 19.0 Å². The molecule has 22 heavy (non-hydrogen) atoms. The van der Waals surface area contributed by atoms with Gasteiger partial charge in [-0.2, -0.15) is 0 Å². The molecule has 1 aliphatic rings. The lowest BCUT2D eigenvalue weighted by Gasteiger charge is -2.22. The number of carboxylic acids is 1. The van der Waals surface area contributed by atoms with Crippen molar-refractivity contribution in [1.29, 1.82) is 0 Å². The standard InChI is InChI=1S/C15H17N3O3S/c19-13(20)10-22-15-17-16-14(11-6-8-21-9-7-11)18(15)12-4-2-1-3-5-12/h1-5,11H,6-10H2,(H,19,20). The lowest BCUT2D eigenvalue weighted by molar-refractivity contribution is -0.133. The van der Waals surface area contributed by atoms with Gasteiger partial charge in [0.05, 0.1) is 5.75 Å². The summed E-state index contributed by atoms with van der Waals surface area (Å²) in [4.78, 5) is 10.8. The Balaban J connectivity index is 1.97. The number of carbonyl (C=O) groups is 1. The summed E-state index contributed by atoms with van der Waals surface area (Å²) in [5.74, 6) is 0.293. The second kappa shape index (κ2) is 6.93. The number of aliphatic carboxylic acids is 1. The van der Waals surface area contributed by atoms with Crippen LogP contribution >= 0.6 is 11.8 Å². The lowest BCUT2D eigenvalue weighted by atomic mass is 9.99. The predicted octanol–water partition coefficient (Wildman–Crippen LogP) is 2.34. The number of rotatable bonds is 5. The molecular weight excluding hydrogens is 302 g/mol. The predicted molar refractivity (Wildman–Crippen MR) is 82.5 cm³/mol. The van der Waals surface area contributed by atoms with Gasteiger partial charge in [-0.1, -0.05) is 30.0 Å². The van der Waals surface area contributed by atoms with E-state index < -0.39 is 5.97 Å². The third kappa shape index (κ3) is 3.31. The largest absolute Gasteiger partial charge is 0.481 e. The Morgan fingerprint density at radius 2 is 2.00 bits per heavy atom. The molecule has 0 spiro atoms. The molecule has 0 aliphatic carbocycles. The fraction of sp³-hybridized carbons (Fsp3) is 0.400. The van der Waals surface area contributed by atoms with Gasteiger partial charge >= 0.3 is 5.97 Å². The second-order valence-electron chi connectivity index (χ2n) is 5.08. The van der Waals surface area contributed by atoms with Crippen LogP contribution < -0.4 is 0 Å². The van der Waals surface area contributed by atoms with E-state index in [1.807, 2.05) is 34.9 Å². The van der Waals surface area contributed by atoms with Crippen molar-refractivity contribution in [2.24, 2.45) is 0 Å². The molecule has 7 heteroatoms. The Kier molecular flexibility index (Phi) is 4.74. The second-order valence-corrected chi connectivity index (χ2v) is 6.02. The summed E-state index contributed by atoms with van der Waals surface area (Å²) < 4.78 is 7.39. The van der Waals surface area contributed by atoms with E-state index in [2.05, 4.69) is 10.2 Å². The summed E-state index contributed by atoms with van der Waals surface area (Å²) in [6, 6.07) is 9.82. The number of hydrogen-bond acceptors (Lipinski definition) is 5. The van der Waals surface area contributed by atoms with Crippen molar-refractivity contribution in [3.63, 3.8) is 0 Å². The first-order chi connectivity index (χ1) is 10.8. The summed E-state index contributed by atoms with van der Waals surface area (Å²) in [6.45, 7) is 1.45. The SMILES string of the molecule is O=C(O)CSc1nnc(C2CCOCC2)n1-c1ccccc1. The molecule has 1 fully saturated rings. The van der Waals surface area contributed by atoms with Gasteiger partial charge in [0.1, 0.15) is 5.82 Å². The Morgan fingerprint density at radius 3 is 2.68 bits per heavy atom. The number of hydrogen-bond donors (Lipinski definition) is 1. The molecule has 3 rings (SSSR count). The van der Waals surface area contributed by atoms with E-state index in [4.69, 9.17) is 9.84 Å². The highest BCUT2D eigenvalue weighted by atomic mass is 32.2. The Bertz CT molecular complexity index is 639. The molecule has 0 atom stereocenters. The van der Waals surface area contributed by atoms with Crippen LogP contribution in [-0.2, 0) is 9.53 Å². The van der Waals surface area contributed by atoms with Crippen LogP contribution in [0, 0.1) is 0 Å². The minimum Gasteiger partial charge on any atom is -0.481 e. The number of benzene rings is 1. The molecule has 0 saturated carbocycles. The summed E-state index contributed by atoms with van der Waals surface area (Å²) >= 11 is 1.19. The van der Waals surface area contributed by atoms with Crippen LogP contribution in [0.1, 0.15) is 24.6 Å². The molecule has 1 aromatic heterocycles. The average molecular weight is 319 g/mol. The van der Waals surface area contributed by atoms with Gasteiger partial charge in [0.25, 0.3) is 0 Å². The summed E-state index contributed by atoms with van der Waals surface area (Å²) in [6.07, 6.45) is 1.82. The number of aromatic nitrogens is 3. The van der Waals surface area contributed by atoms with Crippen LogP contribution in [-0.4, -0.2) is 44.8 Å². The summed E-state index contributed by atoms with van der Waals surface area (Å²) in [7, 11) is 0. The zero-order valence-electron chi connectivity index (χ0n) is 12.0. The molecule has 0 amide bonds. The topological polar surface area (TPSA) is 77.2 Å². The van der Waals surface area contributed by atoms with Gasteiger partial charge in [0.15, 0.2) is 5.16 Å². The van der Waals surface area contributed by atoms with Crippen LogP contribution in [0.5, 0.6) is 0 Å². The van der Waals surface area contributed by atoms with E-state index in [1.165, 1.54) is 11.8 Å². The first kappa shape index (κ1) is 15.1. The smallest absolute Gasteiger partial charge is 0.313 e. The highest BCUT2D eigenvalue weighted by Crippen LogP contribution is 2.30. The van der Waals surface area contributed by atoms with Crippen molar-refractivity contribution >= 4 is 17.7 Å². The van der Waals surface area contributed by atoms with Crippen molar-refractivity contribution in [3.8, 4) is 5.69 Å². The lowest BCUT2D eigenvalue weighted by Crippen LogP contribution is -2.18. The molecule has 6 nitrogen and oxygen atoms in total. The molecule has 1 aliphatic heterocycles. The van der Waals surface area contributed by atoms with Gasteiger partial charge in [0.2, 0.25) is 0 Å². The maximum atomic E-state index is 10.8. The van der Waals surface area contributed by atoms with E-state index in [-0.39, 0.29) is 5.75 Å². The fourth-order valence-electron chi connectivity index (χ4n) is 2.54. The molecule has 0 radical (unpaired) electrons. The molecule has 1 aromatic carbocycles. The molecule has 2 aromatic rings. The normalized spacial score (nSPS) is 15.8. The number of para-hydroxylation sites is 1. The highest BCUT2D eigenvalue weighted by molar-refractivity contribution is 7.99. The van der Waals surface area contributed by atoms with Crippen LogP contribution in [0.2, 0.25) is 0 Å². The molecule has 0 unspecified atom stereocenters. The van der Waals surface area contributed by atoms with Crippen LogP contribution in [0.15, 0.2) is 35.5 Å². The number of carboxylic acid groups (broad SMARTS) is 1. The third-order valence-electron chi connectivity index (χ3n) is 3.58. The van der Waals surface area contributed by atoms with E-state index in [0.29, 0.717) is 11.1 Å². The van der Waals surface area contributed by atoms with Crippen molar-refractivity contribution < 1.29 is 14.6 Å². The van der Waals surface area contributed by atoms with Gasteiger partial charge in [-0.05, 0) is 25.0 Å². The van der Waals surface area contributed by atoms with Gasteiger partial charge in [-0.3, -0.25) is 9.36 Å². The van der Waals surface area contributed by atoms with E-state index >= 15 is 0 Å². The monoisotopic (exact) mass is 319 g/mol. The first-order valence-corrected chi connectivity index (χ1v) is 8.17. The minimum absolute atomic E-state index is 0.0290. The van der Waals surface area contributed by atoms with Gasteiger partial charge in [-0.15, -0.1) is 10.2 Å². The minimum atomic E-state index is -0.861. The van der Waals surface area contributed by atoms with E-state index in [9.17, 15) is 4.79 Å². The van der Waals surface area contributed by atoms with Crippen LogP contribution in [0.25, 0.3) is 5.69 Å². The van der Waals surface area contributed by atoms with E-state index in [0.717, 1.165) is 37.6 Å². The van der Waals surface area contributed by atoms with Crippen LogP contribution in [0.4, 0.5) is 0 Å².